The van der Waals surface area contributed by atoms with Crippen LogP contribution in [0.2, 0.25) is 0 Å². The van der Waals surface area contributed by atoms with Crippen LogP contribution in [0.1, 0.15) is 108 Å². The second-order valence-electron chi connectivity index (χ2n) is 31.9. The van der Waals surface area contributed by atoms with E-state index in [0.717, 1.165) is 142 Å². The number of Topliss-reactive ketones (excluding diaryl/α,β-unsaturated/α-hetero) is 1. The highest BCUT2D eigenvalue weighted by molar-refractivity contribution is 6.00. The number of anilines is 2. The Labute approximate surface area is 709 Å². The number of nitrogens with one attached hydrogen (secondary N) is 4. The standard InChI is InChI=1S/C23H21NO.C23H21N.C22H20N2.C21H19N3.C20H17N3O/c1-16(18-5-3-2-4-6-18)9-17-10-22(15-24-14-17)19-7-8-20-12-23(25)13-21(20)11-19;1-17-5-7-18(8-6-17)9-13-23-14-12-22(16-24-23)21-11-10-19-3-2-4-20(19)15-21;1-16-2-4-17(5-3-16)6-9-21-10-7-20(15-24-21)18-8-11-22-19(14-18)12-13-23-22;1-15-2-4-16(5-3-15)6-9-19-10-7-18(13-22-19)17-8-11-20-21(12-17)24-14-23-20;24-20-10-16-8-15(6-7-19(16)23-20)17-9-18(13-21-12-17)22-11-14-4-2-1-3-5-14/h2-8,10-11,14-16H,9,12-13H2,1H3;2-3,5-8,10-12,14-16H,4,9,13H2,1H3;2-5,7-8,10-15,23H,6,9H2,1H3;2-5,7-8,10-14H,6,9H2,1H3,(H,23,24);1-9,12-13,22H,10-11H2,(H,23,24). The highest BCUT2D eigenvalue weighted by atomic mass is 16.1. The second-order valence-corrected chi connectivity index (χ2v) is 31.9. The number of carbonyl (C=O) groups is 2. The summed E-state index contributed by atoms with van der Waals surface area (Å²) in [5.41, 5.74) is 38.0. The van der Waals surface area contributed by atoms with E-state index in [2.05, 4.69) is 333 Å². The molecule has 4 N–H and O–H groups in total. The fourth-order valence-electron chi connectivity index (χ4n) is 15.6. The van der Waals surface area contributed by atoms with Crippen LogP contribution >= 0.6 is 0 Å². The number of hydrogen-bond acceptors (Lipinski definition) is 9. The Kier molecular flexibility index (Phi) is 25.8. The Balaban J connectivity index is 0.000000112. The average molecular weight is 1580 g/mol. The smallest absolute Gasteiger partial charge is 0.228 e. The first kappa shape index (κ1) is 80.4. The van der Waals surface area contributed by atoms with Crippen LogP contribution in [-0.2, 0) is 86.8 Å². The van der Waals surface area contributed by atoms with Crippen LogP contribution in [0.15, 0.2) is 341 Å². The SMILES string of the molecule is CC(Cc1cncc(-c2ccc3c(c2)CC(=O)C3)c1)c1ccccc1.Cc1ccc(CCc2ccc(-c3ccc4[nH]ccc4c3)cn2)cc1.Cc1ccc(CCc2ccc(-c3ccc4c(c3)CC=C4)cn2)cc1.Cc1ccc(CCc2ccc(-c3ccc4nc[nH]c4c3)cn2)cc1.O=C1Cc2cc(-c3cncc(NCc4ccccc4)c3)ccc2N1. The van der Waals surface area contributed by atoms with Gasteiger partial charge in [0.25, 0.3) is 0 Å². The number of ketones is 1. The van der Waals surface area contributed by atoms with Gasteiger partial charge in [0.1, 0.15) is 5.78 Å². The van der Waals surface area contributed by atoms with Crippen LogP contribution in [0.3, 0.4) is 0 Å². The van der Waals surface area contributed by atoms with Crippen LogP contribution in [0.5, 0.6) is 0 Å². The van der Waals surface area contributed by atoms with Crippen molar-refractivity contribution >= 4 is 51.1 Å². The normalized spacial score (nSPS) is 12.3. The molecule has 1 amide bonds. The quantitative estimate of drug-likeness (QED) is 0.0581. The van der Waals surface area contributed by atoms with Crippen molar-refractivity contribution in [1.82, 2.24) is 39.9 Å². The van der Waals surface area contributed by atoms with Crippen molar-refractivity contribution in [1.29, 1.82) is 0 Å². The van der Waals surface area contributed by atoms with Crippen molar-refractivity contribution < 1.29 is 9.59 Å². The number of aromatic nitrogens is 8. The molecule has 121 heavy (non-hydrogen) atoms. The first-order chi connectivity index (χ1) is 59.3. The summed E-state index contributed by atoms with van der Waals surface area (Å²) in [4.78, 5) is 56.5. The number of H-pyrrole nitrogens is 2. The third kappa shape index (κ3) is 21.7. The van der Waals surface area contributed by atoms with Crippen molar-refractivity contribution in [3.63, 3.8) is 0 Å². The molecule has 2 aliphatic carbocycles. The van der Waals surface area contributed by atoms with Gasteiger partial charge in [-0.25, -0.2) is 4.98 Å². The minimum Gasteiger partial charge on any atom is -0.380 e. The molecule has 8 heterocycles. The molecule has 3 aliphatic rings. The van der Waals surface area contributed by atoms with Crippen LogP contribution in [0.4, 0.5) is 11.4 Å². The zero-order valence-corrected chi connectivity index (χ0v) is 69.0. The molecule has 0 bridgehead atoms. The van der Waals surface area contributed by atoms with Crippen molar-refractivity contribution in [2.75, 3.05) is 10.6 Å². The molecular formula is C109H98N10O2. The van der Waals surface area contributed by atoms with Gasteiger partial charge in [0.05, 0.1) is 29.5 Å². The van der Waals surface area contributed by atoms with Crippen LogP contribution in [-0.4, -0.2) is 51.6 Å². The molecule has 1 aliphatic heterocycles. The van der Waals surface area contributed by atoms with Crippen LogP contribution in [0, 0.1) is 20.8 Å². The number of amides is 1. The zero-order valence-electron chi connectivity index (χ0n) is 69.0. The molecule has 20 rings (SSSR count). The Hall–Kier alpha value is -14.4. The fourth-order valence-corrected chi connectivity index (χ4v) is 15.6. The first-order valence-electron chi connectivity index (χ1n) is 41.9. The van der Waals surface area contributed by atoms with Gasteiger partial charge in [-0.15, -0.1) is 0 Å². The lowest BCUT2D eigenvalue weighted by molar-refractivity contribution is -0.117. The number of aryl methyl sites for hydroxylation is 9. The van der Waals surface area contributed by atoms with Gasteiger partial charge < -0.3 is 20.6 Å². The molecule has 0 saturated heterocycles. The molecule has 10 aromatic carbocycles. The van der Waals surface area contributed by atoms with Gasteiger partial charge in [-0.3, -0.25) is 34.5 Å². The van der Waals surface area contributed by atoms with E-state index in [1.807, 2.05) is 86.0 Å². The van der Waals surface area contributed by atoms with Crippen molar-refractivity contribution in [3.8, 4) is 55.6 Å². The van der Waals surface area contributed by atoms with E-state index in [1.165, 1.54) is 99.9 Å². The highest BCUT2D eigenvalue weighted by Crippen LogP contribution is 2.34. The van der Waals surface area contributed by atoms with Crippen LogP contribution < -0.4 is 10.6 Å². The number of nitrogens with zero attached hydrogens (tertiary/aromatic N) is 6. The third-order valence-corrected chi connectivity index (χ3v) is 22.8. The molecule has 0 fully saturated rings. The van der Waals surface area contributed by atoms with E-state index in [-0.39, 0.29) is 5.91 Å². The Bertz CT molecular complexity index is 6230. The minimum absolute atomic E-state index is 0.0542. The molecular weight excluding hydrogens is 1480 g/mol. The predicted molar refractivity (Wildman–Crippen MR) is 495 cm³/mol. The molecule has 12 heteroatoms. The Morgan fingerprint density at radius 3 is 1.54 bits per heavy atom. The first-order valence-corrected chi connectivity index (χ1v) is 41.9. The molecule has 0 saturated carbocycles. The zero-order chi connectivity index (χ0) is 82.6. The number of benzene rings is 10. The van der Waals surface area contributed by atoms with E-state index in [1.54, 1.807) is 6.33 Å². The number of hydrogen-bond donors (Lipinski definition) is 4. The number of fused-ring (bicyclic) bond motifs is 5. The van der Waals surface area contributed by atoms with Gasteiger partial charge in [0.15, 0.2) is 0 Å². The van der Waals surface area contributed by atoms with Gasteiger partial charge in [-0.1, -0.05) is 242 Å². The fraction of sp³-hybridized carbons (Fsp3) is 0.156. The molecule has 596 valence electrons. The number of pyridine rings is 5. The minimum atomic E-state index is 0.0542. The van der Waals surface area contributed by atoms with Gasteiger partial charge in [0, 0.05) is 125 Å². The number of imidazole rings is 1. The summed E-state index contributed by atoms with van der Waals surface area (Å²) in [6.07, 6.45) is 31.2. The van der Waals surface area contributed by atoms with E-state index in [4.69, 9.17) is 0 Å². The number of rotatable bonds is 20. The monoisotopic (exact) mass is 1580 g/mol. The molecule has 0 spiro atoms. The summed E-state index contributed by atoms with van der Waals surface area (Å²) in [5, 5.41) is 7.49. The molecule has 17 aromatic rings. The van der Waals surface area contributed by atoms with Crippen molar-refractivity contribution in [2.45, 2.75) is 111 Å². The summed E-state index contributed by atoms with van der Waals surface area (Å²) < 4.78 is 0. The number of aromatic amines is 2. The Morgan fingerprint density at radius 2 is 0.909 bits per heavy atom. The number of allylic oxidation sites excluding steroid dienone is 1. The van der Waals surface area contributed by atoms with E-state index >= 15 is 0 Å². The molecule has 7 aromatic heterocycles. The average Bonchev–Trinajstić information content (AvgIpc) is 1.82. The lowest BCUT2D eigenvalue weighted by atomic mass is 9.93. The Morgan fingerprint density at radius 1 is 0.380 bits per heavy atom. The molecule has 1 unspecified atom stereocenters. The summed E-state index contributed by atoms with van der Waals surface area (Å²) in [7, 11) is 0. The van der Waals surface area contributed by atoms with Crippen molar-refractivity contribution in [3.05, 3.63) is 436 Å². The van der Waals surface area contributed by atoms with Gasteiger partial charge >= 0.3 is 0 Å². The number of carbonyl (C=O) groups excluding carboxylic acids is 2. The molecule has 1 atom stereocenters. The van der Waals surface area contributed by atoms with E-state index < -0.39 is 0 Å². The van der Waals surface area contributed by atoms with E-state index in [0.29, 0.717) is 31.0 Å². The second kappa shape index (κ2) is 38.8. The molecule has 12 nitrogen and oxygen atoms in total. The maximum absolute atomic E-state index is 11.6. The lowest BCUT2D eigenvalue weighted by Gasteiger charge is -2.13. The third-order valence-electron chi connectivity index (χ3n) is 22.8. The highest BCUT2D eigenvalue weighted by Gasteiger charge is 2.21. The summed E-state index contributed by atoms with van der Waals surface area (Å²) in [6.45, 7) is 9.37. The van der Waals surface area contributed by atoms with E-state index in [9.17, 15) is 9.59 Å². The maximum Gasteiger partial charge on any atom is 0.228 e. The van der Waals surface area contributed by atoms with Gasteiger partial charge in [-0.05, 0) is 245 Å². The lowest BCUT2D eigenvalue weighted by Crippen LogP contribution is -2.03. The maximum atomic E-state index is 11.6. The predicted octanol–water partition coefficient (Wildman–Crippen LogP) is 24.1. The summed E-state index contributed by atoms with van der Waals surface area (Å²) >= 11 is 0. The van der Waals surface area contributed by atoms with Gasteiger partial charge in [-0.2, -0.15) is 0 Å². The van der Waals surface area contributed by atoms with Crippen molar-refractivity contribution in [2.24, 2.45) is 0 Å². The van der Waals surface area contributed by atoms with Crippen LogP contribution in [0.25, 0.3) is 83.6 Å². The summed E-state index contributed by atoms with van der Waals surface area (Å²) in [6, 6.07) is 98.2. The van der Waals surface area contributed by atoms with Gasteiger partial charge in [0.2, 0.25) is 5.91 Å². The molecule has 0 radical (unpaired) electrons. The largest absolute Gasteiger partial charge is 0.380 e. The summed E-state index contributed by atoms with van der Waals surface area (Å²) in [5.74, 6) is 0.824. The topological polar surface area (TPSA) is 167 Å².